The number of carboxylic acid groups (broad SMARTS) is 1. The van der Waals surface area contributed by atoms with Gasteiger partial charge < -0.3 is 5.11 Å². The highest BCUT2D eigenvalue weighted by Gasteiger charge is 3.03. The molecule has 1 aliphatic carbocycles. The van der Waals surface area contributed by atoms with E-state index in [1.54, 1.807) is 0 Å². The van der Waals surface area contributed by atoms with E-state index in [0.717, 1.165) is 0 Å². The van der Waals surface area contributed by atoms with E-state index >= 15 is 0 Å². The summed E-state index contributed by atoms with van der Waals surface area (Å²) in [6, 6.07) is 0. The lowest BCUT2D eigenvalue weighted by atomic mass is 9.61. The number of carboxylic acids is 1. The fraction of sp³-hybridized carbons (Fsp3) is 0.727. The summed E-state index contributed by atoms with van der Waals surface area (Å²) in [5.74, 6) is -40.7. The van der Waals surface area contributed by atoms with Gasteiger partial charge in [-0.05, 0) is 17.5 Å². The predicted octanol–water partition coefficient (Wildman–Crippen LogP) is 4.69. The predicted molar refractivity (Wildman–Crippen MR) is 55.7 cm³/mol. The Balaban J connectivity index is 4.28. The smallest absolute Gasteiger partial charge is 0.407 e. The van der Waals surface area contributed by atoms with Crippen molar-refractivity contribution in [2.45, 2.75) is 42.6 Å². The van der Waals surface area contributed by atoms with Crippen LogP contribution in [0.1, 0.15) is 6.92 Å². The molecule has 1 fully saturated rings. The number of hydrogen-bond acceptors (Lipinski definition) is 2. The molecule has 0 aromatic rings. The van der Waals surface area contributed by atoms with Crippen molar-refractivity contribution in [2.24, 2.45) is 5.41 Å². The van der Waals surface area contributed by atoms with Crippen LogP contribution in [0.25, 0.3) is 0 Å². The second kappa shape index (κ2) is 5.64. The number of halogens is 13. The molecule has 158 valence electrons. The summed E-state index contributed by atoms with van der Waals surface area (Å²) in [6.45, 7) is -0.0897. The second-order valence-electron chi connectivity index (χ2n) is 5.41. The van der Waals surface area contributed by atoms with E-state index in [2.05, 4.69) is 0 Å². The van der Waals surface area contributed by atoms with Gasteiger partial charge in [0, 0.05) is 5.57 Å². The van der Waals surface area contributed by atoms with Gasteiger partial charge in [0.1, 0.15) is 0 Å². The molecule has 0 radical (unpaired) electrons. The summed E-state index contributed by atoms with van der Waals surface area (Å²) in [6.07, 6.45) is -8.79. The molecule has 27 heavy (non-hydrogen) atoms. The van der Waals surface area contributed by atoms with E-state index in [9.17, 15) is 62.0 Å². The lowest BCUT2D eigenvalue weighted by molar-refractivity contribution is -0.536. The van der Waals surface area contributed by atoms with Gasteiger partial charge in [-0.25, -0.2) is 4.79 Å². The van der Waals surface area contributed by atoms with Crippen molar-refractivity contribution >= 4 is 5.97 Å². The first-order valence-electron chi connectivity index (χ1n) is 6.13. The van der Waals surface area contributed by atoms with E-state index in [1.165, 1.54) is 4.94 Å². The molecule has 0 bridgehead atoms. The highest BCUT2D eigenvalue weighted by Crippen LogP contribution is 2.75. The summed E-state index contributed by atoms with van der Waals surface area (Å²) in [5.41, 5.74) is -9.01. The van der Waals surface area contributed by atoms with Gasteiger partial charge in [-0.15, -0.1) is 4.94 Å². The molecule has 0 aromatic carbocycles. The Bertz CT molecular complexity index is 636. The van der Waals surface area contributed by atoms with Gasteiger partial charge in [0.05, 0.1) is 0 Å². The number of alkyl halides is 12. The minimum Gasteiger partial charge on any atom is -0.478 e. The number of rotatable bonds is 4. The molecule has 0 atom stereocenters. The van der Waals surface area contributed by atoms with Crippen LogP contribution in [0, 0.1) is 5.41 Å². The molecule has 1 saturated carbocycles. The van der Waals surface area contributed by atoms with Gasteiger partial charge in [-0.3, -0.25) is 0 Å². The maximum absolute atomic E-state index is 13.9. The average Bonchev–Trinajstić information content (AvgIpc) is 2.49. The van der Waals surface area contributed by atoms with Crippen molar-refractivity contribution in [3.05, 3.63) is 11.6 Å². The third-order valence-electron chi connectivity index (χ3n) is 3.89. The fourth-order valence-electron chi connectivity index (χ4n) is 2.36. The Morgan fingerprint density at radius 1 is 0.815 bits per heavy atom. The lowest BCUT2D eigenvalue weighted by Gasteiger charge is -2.55. The summed E-state index contributed by atoms with van der Waals surface area (Å²) in [4.78, 5) is 12.0. The molecular weight excluding hydrogens is 427 g/mol. The van der Waals surface area contributed by atoms with Gasteiger partial charge in [-0.2, -0.15) is 52.7 Å². The molecule has 0 heterocycles. The Morgan fingerprint density at radius 2 is 1.11 bits per heavy atom. The van der Waals surface area contributed by atoms with Crippen LogP contribution in [0.4, 0.5) is 57.2 Å². The highest BCUT2D eigenvalue weighted by atomic mass is 19.4. The van der Waals surface area contributed by atoms with E-state index in [0.29, 0.717) is 0 Å². The summed E-state index contributed by atoms with van der Waals surface area (Å²) in [5, 5.41) is 8.41. The molecular formula is C11H5F13O3. The van der Waals surface area contributed by atoms with Crippen LogP contribution in [0.3, 0.4) is 0 Å². The Hall–Kier alpha value is -1.74. The molecule has 0 aliphatic heterocycles. The molecule has 0 spiro atoms. The van der Waals surface area contributed by atoms with Crippen LogP contribution in [-0.2, 0) is 9.74 Å². The maximum atomic E-state index is 13.9. The highest BCUT2D eigenvalue weighted by molar-refractivity contribution is 5.86. The first-order valence-corrected chi connectivity index (χ1v) is 6.13. The topological polar surface area (TPSA) is 46.5 Å². The van der Waals surface area contributed by atoms with Gasteiger partial charge >= 0.3 is 41.7 Å². The molecule has 1 N–H and O–H groups in total. The van der Waals surface area contributed by atoms with Crippen molar-refractivity contribution < 1.29 is 72.1 Å². The normalized spacial score (nSPS) is 27.9. The zero-order valence-corrected chi connectivity index (χ0v) is 12.3. The van der Waals surface area contributed by atoms with Gasteiger partial charge in [0.15, 0.2) is 0 Å². The van der Waals surface area contributed by atoms with Crippen LogP contribution < -0.4 is 0 Å². The summed E-state index contributed by atoms with van der Waals surface area (Å²) in [7, 11) is 0. The Kier molecular flexibility index (Phi) is 4.86. The minimum absolute atomic E-state index is 0.0897. The summed E-state index contributed by atoms with van der Waals surface area (Å²) < 4.78 is 175. The number of hydrogen-bond donors (Lipinski definition) is 1. The van der Waals surface area contributed by atoms with Crippen molar-refractivity contribution in [3.8, 4) is 0 Å². The molecule has 3 nitrogen and oxygen atoms in total. The molecule has 0 aromatic heterocycles. The SMILES string of the molecule is CC(=CC1(C(F)(F)OF)C(F)(F)C(F)(F)C(F)(F)C(F)(F)C1(F)F)C(=O)O. The Morgan fingerprint density at radius 3 is 1.37 bits per heavy atom. The molecule has 0 saturated heterocycles. The van der Waals surface area contributed by atoms with E-state index in [1.807, 2.05) is 0 Å². The molecule has 16 heteroatoms. The third-order valence-corrected chi connectivity index (χ3v) is 3.89. The standard InChI is InChI=1S/C11H5F13O3/c1-3(4(25)26)2-5(11(22,23)27-24)6(12,13)8(16,17)10(20,21)9(18,19)7(5,14)15/h2H,1H3,(H,25,26). The third kappa shape index (κ3) is 2.24. The maximum Gasteiger partial charge on any atom is 0.407 e. The van der Waals surface area contributed by atoms with Crippen LogP contribution in [0.15, 0.2) is 11.6 Å². The first-order chi connectivity index (χ1) is 11.6. The van der Waals surface area contributed by atoms with Crippen molar-refractivity contribution in [1.29, 1.82) is 0 Å². The van der Waals surface area contributed by atoms with Gasteiger partial charge in [0.2, 0.25) is 5.41 Å². The summed E-state index contributed by atoms with van der Waals surface area (Å²) >= 11 is 0. The molecule has 1 aliphatic rings. The molecule has 1 rings (SSSR count). The van der Waals surface area contributed by atoms with Gasteiger partial charge in [-0.1, -0.05) is 0 Å². The lowest BCUT2D eigenvalue weighted by Crippen LogP contribution is -2.84. The van der Waals surface area contributed by atoms with Crippen LogP contribution in [0.5, 0.6) is 0 Å². The number of carbonyl (C=O) groups is 1. The minimum atomic E-state index is -7.64. The first kappa shape index (κ1) is 23.3. The van der Waals surface area contributed by atoms with Crippen LogP contribution >= 0.6 is 0 Å². The number of aliphatic carboxylic acids is 1. The van der Waals surface area contributed by atoms with Crippen molar-refractivity contribution in [1.82, 2.24) is 0 Å². The average molecular weight is 432 g/mol. The van der Waals surface area contributed by atoms with Crippen molar-refractivity contribution in [2.75, 3.05) is 0 Å². The second-order valence-corrected chi connectivity index (χ2v) is 5.41. The quantitative estimate of drug-likeness (QED) is 0.518. The van der Waals surface area contributed by atoms with Crippen LogP contribution in [-0.4, -0.2) is 46.8 Å². The molecule has 0 amide bonds. The molecule has 0 unspecified atom stereocenters. The largest absolute Gasteiger partial charge is 0.478 e. The fourth-order valence-corrected chi connectivity index (χ4v) is 2.36. The van der Waals surface area contributed by atoms with Crippen molar-refractivity contribution in [3.63, 3.8) is 0 Å². The van der Waals surface area contributed by atoms with E-state index in [4.69, 9.17) is 5.11 Å². The zero-order chi connectivity index (χ0) is 22.1. The Labute approximate surface area is 139 Å². The van der Waals surface area contributed by atoms with E-state index in [-0.39, 0.29) is 6.92 Å². The zero-order valence-electron chi connectivity index (χ0n) is 12.3. The van der Waals surface area contributed by atoms with Crippen LogP contribution in [0.2, 0.25) is 0 Å². The van der Waals surface area contributed by atoms with Gasteiger partial charge in [0.25, 0.3) is 0 Å². The van der Waals surface area contributed by atoms with E-state index < -0.39 is 58.8 Å². The monoisotopic (exact) mass is 432 g/mol.